The number of nitriles is 1. The fourth-order valence-electron chi connectivity index (χ4n) is 3.41. The molecule has 2 bridgehead atoms. The van der Waals surface area contributed by atoms with E-state index in [4.69, 9.17) is 10.00 Å². The molecule has 0 aromatic heterocycles. The van der Waals surface area contributed by atoms with E-state index >= 15 is 0 Å². The van der Waals surface area contributed by atoms with Crippen LogP contribution in [0, 0.1) is 18.3 Å². The quantitative estimate of drug-likeness (QED) is 0.842. The van der Waals surface area contributed by atoms with Gasteiger partial charge in [-0.25, -0.2) is 0 Å². The van der Waals surface area contributed by atoms with Crippen LogP contribution in [0.25, 0.3) is 0 Å². The zero-order valence-corrected chi connectivity index (χ0v) is 12.0. The number of nitrogens with zero attached hydrogens (tertiary/aromatic N) is 2. The summed E-state index contributed by atoms with van der Waals surface area (Å²) in [4.78, 5) is 2.32. The van der Waals surface area contributed by atoms with E-state index < -0.39 is 5.60 Å². The van der Waals surface area contributed by atoms with Crippen LogP contribution < -0.4 is 0 Å². The molecule has 20 heavy (non-hydrogen) atoms. The lowest BCUT2D eigenvalue weighted by atomic mass is 9.76. The second-order valence-corrected chi connectivity index (χ2v) is 6.09. The van der Waals surface area contributed by atoms with E-state index in [0.29, 0.717) is 31.6 Å². The van der Waals surface area contributed by atoms with E-state index in [2.05, 4.69) is 18.0 Å². The molecule has 106 valence electrons. The maximum Gasteiger partial charge on any atom is 0.0994 e. The Morgan fingerprint density at radius 1 is 1.35 bits per heavy atom. The van der Waals surface area contributed by atoms with Crippen molar-refractivity contribution < 1.29 is 9.84 Å². The van der Waals surface area contributed by atoms with Gasteiger partial charge in [-0.15, -0.1) is 0 Å². The summed E-state index contributed by atoms with van der Waals surface area (Å²) in [5.41, 5.74) is 1.63. The largest absolute Gasteiger partial charge is 0.385 e. The number of rotatable bonds is 1. The molecule has 0 spiro atoms. The van der Waals surface area contributed by atoms with Crippen molar-refractivity contribution in [1.29, 1.82) is 5.26 Å². The third kappa shape index (κ3) is 2.12. The van der Waals surface area contributed by atoms with E-state index in [0.717, 1.165) is 11.1 Å². The fourth-order valence-corrected chi connectivity index (χ4v) is 3.41. The third-order valence-electron chi connectivity index (χ3n) is 4.81. The van der Waals surface area contributed by atoms with Gasteiger partial charge in [0, 0.05) is 12.1 Å². The summed E-state index contributed by atoms with van der Waals surface area (Å²) in [5, 5.41) is 20.3. The number of benzene rings is 1. The van der Waals surface area contributed by atoms with Crippen molar-refractivity contribution >= 4 is 0 Å². The average Bonchev–Trinajstić information content (AvgIpc) is 2.41. The van der Waals surface area contributed by atoms with E-state index in [9.17, 15) is 5.11 Å². The summed E-state index contributed by atoms with van der Waals surface area (Å²) in [6, 6.07) is 8.43. The molecule has 2 fully saturated rings. The van der Waals surface area contributed by atoms with Gasteiger partial charge < -0.3 is 9.84 Å². The molecule has 0 radical (unpaired) electrons. The summed E-state index contributed by atoms with van der Waals surface area (Å²) in [6.07, 6.45) is 1.32. The van der Waals surface area contributed by atoms with Gasteiger partial charge >= 0.3 is 0 Å². The highest BCUT2D eigenvalue weighted by molar-refractivity contribution is 5.42. The van der Waals surface area contributed by atoms with Gasteiger partial charge in [-0.05, 0) is 44.0 Å². The molecule has 3 rings (SSSR count). The van der Waals surface area contributed by atoms with Crippen molar-refractivity contribution in [3.63, 3.8) is 0 Å². The standard InChI is InChI=1S/C16H20N2O2/c1-11-3-4-13(5-12(11)8-17)16(19)6-14-9-20-10-15(7-16)18(14)2/h3-5,14-15,19H,6-7,9-10H2,1-2H3. The highest BCUT2D eigenvalue weighted by Crippen LogP contribution is 2.40. The Bertz CT molecular complexity index is 550. The number of hydrogen-bond acceptors (Lipinski definition) is 4. The van der Waals surface area contributed by atoms with Gasteiger partial charge in [0.2, 0.25) is 0 Å². The minimum absolute atomic E-state index is 0.249. The number of ether oxygens (including phenoxy) is 1. The van der Waals surface area contributed by atoms with E-state index in [-0.39, 0.29) is 12.1 Å². The smallest absolute Gasteiger partial charge is 0.0994 e. The third-order valence-corrected chi connectivity index (χ3v) is 4.81. The van der Waals surface area contributed by atoms with Crippen LogP contribution in [0.5, 0.6) is 0 Å². The van der Waals surface area contributed by atoms with Crippen molar-refractivity contribution in [2.24, 2.45) is 0 Å². The molecule has 2 atom stereocenters. The molecule has 2 heterocycles. The SMILES string of the molecule is Cc1ccc(C2(O)CC3COCC(C2)N3C)cc1C#N. The molecule has 0 aliphatic carbocycles. The molecule has 4 nitrogen and oxygen atoms in total. The number of likely N-dealkylation sites (N-methyl/N-ethyl adjacent to an activating group) is 1. The maximum absolute atomic E-state index is 11.1. The summed E-state index contributed by atoms with van der Waals surface area (Å²) in [7, 11) is 2.10. The molecular weight excluding hydrogens is 252 g/mol. The highest BCUT2D eigenvalue weighted by atomic mass is 16.5. The predicted molar refractivity (Wildman–Crippen MR) is 75.2 cm³/mol. The second-order valence-electron chi connectivity index (χ2n) is 6.09. The Hall–Kier alpha value is -1.41. The Morgan fingerprint density at radius 2 is 2.00 bits per heavy atom. The summed E-state index contributed by atoms with van der Waals surface area (Å²) >= 11 is 0. The van der Waals surface area contributed by atoms with Crippen LogP contribution in [0.15, 0.2) is 18.2 Å². The Morgan fingerprint density at radius 3 is 2.60 bits per heavy atom. The zero-order valence-electron chi connectivity index (χ0n) is 12.0. The van der Waals surface area contributed by atoms with Gasteiger partial charge in [0.25, 0.3) is 0 Å². The number of hydrogen-bond donors (Lipinski definition) is 1. The van der Waals surface area contributed by atoms with Crippen LogP contribution in [-0.4, -0.2) is 42.4 Å². The lowest BCUT2D eigenvalue weighted by Crippen LogP contribution is -2.59. The van der Waals surface area contributed by atoms with Crippen molar-refractivity contribution in [3.8, 4) is 6.07 Å². The van der Waals surface area contributed by atoms with Gasteiger partial charge in [-0.3, -0.25) is 4.90 Å². The first-order chi connectivity index (χ1) is 9.53. The Labute approximate surface area is 119 Å². The first-order valence-electron chi connectivity index (χ1n) is 7.07. The maximum atomic E-state index is 11.1. The first-order valence-corrected chi connectivity index (χ1v) is 7.07. The Balaban J connectivity index is 1.95. The molecule has 1 N–H and O–H groups in total. The van der Waals surface area contributed by atoms with E-state index in [1.54, 1.807) is 0 Å². The van der Waals surface area contributed by atoms with Crippen LogP contribution >= 0.6 is 0 Å². The van der Waals surface area contributed by atoms with Gasteiger partial charge in [0.15, 0.2) is 0 Å². The van der Waals surface area contributed by atoms with E-state index in [1.807, 2.05) is 25.1 Å². The number of morpholine rings is 1. The van der Waals surface area contributed by atoms with Gasteiger partial charge in [0.1, 0.15) is 0 Å². The molecule has 2 unspecified atom stereocenters. The van der Waals surface area contributed by atoms with Crippen molar-refractivity contribution in [2.45, 2.75) is 37.5 Å². The molecule has 1 aromatic carbocycles. The molecule has 0 saturated carbocycles. The van der Waals surface area contributed by atoms with Crippen LogP contribution in [-0.2, 0) is 10.3 Å². The van der Waals surface area contributed by atoms with Crippen LogP contribution in [0.3, 0.4) is 0 Å². The highest BCUT2D eigenvalue weighted by Gasteiger charge is 2.45. The van der Waals surface area contributed by atoms with Crippen LogP contribution in [0.4, 0.5) is 0 Å². The van der Waals surface area contributed by atoms with Gasteiger partial charge in [0.05, 0.1) is 30.4 Å². The van der Waals surface area contributed by atoms with Crippen LogP contribution in [0.2, 0.25) is 0 Å². The second kappa shape index (κ2) is 4.85. The monoisotopic (exact) mass is 272 g/mol. The predicted octanol–water partition coefficient (Wildman–Crippen LogP) is 1.55. The Kier molecular flexibility index (Phi) is 3.29. The summed E-state index contributed by atoms with van der Waals surface area (Å²) in [6.45, 7) is 3.27. The van der Waals surface area contributed by atoms with Crippen molar-refractivity contribution in [2.75, 3.05) is 20.3 Å². The molecular formula is C16H20N2O2. The summed E-state index contributed by atoms with van der Waals surface area (Å²) < 4.78 is 5.60. The zero-order chi connectivity index (χ0) is 14.3. The number of aryl methyl sites for hydroxylation is 1. The van der Waals surface area contributed by atoms with E-state index in [1.165, 1.54) is 0 Å². The number of aliphatic hydroxyl groups is 1. The molecule has 1 aromatic rings. The van der Waals surface area contributed by atoms with Crippen molar-refractivity contribution in [3.05, 3.63) is 34.9 Å². The number of fused-ring (bicyclic) bond motifs is 2. The van der Waals surface area contributed by atoms with Crippen LogP contribution in [0.1, 0.15) is 29.5 Å². The molecule has 4 heteroatoms. The normalized spacial score (nSPS) is 33.7. The minimum Gasteiger partial charge on any atom is -0.385 e. The molecule has 2 saturated heterocycles. The first kappa shape index (κ1) is 13.6. The van der Waals surface area contributed by atoms with Gasteiger partial charge in [-0.2, -0.15) is 5.26 Å². The molecule has 2 aliphatic rings. The van der Waals surface area contributed by atoms with Gasteiger partial charge in [-0.1, -0.05) is 12.1 Å². The number of piperidine rings is 1. The average molecular weight is 272 g/mol. The lowest BCUT2D eigenvalue weighted by Gasteiger charge is -2.50. The topological polar surface area (TPSA) is 56.5 Å². The summed E-state index contributed by atoms with van der Waals surface area (Å²) in [5.74, 6) is 0. The molecule has 0 amide bonds. The minimum atomic E-state index is -0.842. The fraction of sp³-hybridized carbons (Fsp3) is 0.562. The molecule has 2 aliphatic heterocycles. The lowest BCUT2D eigenvalue weighted by molar-refractivity contribution is -0.137. The van der Waals surface area contributed by atoms with Crippen molar-refractivity contribution in [1.82, 2.24) is 4.90 Å².